The average Bonchev–Trinajstić information content (AvgIpc) is 3.16. The minimum Gasteiger partial charge on any atom is -0.506 e. The van der Waals surface area contributed by atoms with Crippen LogP contribution in [0.2, 0.25) is 0 Å². The fourth-order valence-corrected chi connectivity index (χ4v) is 3.66. The number of para-hydroxylation sites is 2. The van der Waals surface area contributed by atoms with Crippen molar-refractivity contribution in [1.29, 1.82) is 0 Å². The van der Waals surface area contributed by atoms with Crippen molar-refractivity contribution < 1.29 is 19.4 Å². The summed E-state index contributed by atoms with van der Waals surface area (Å²) in [5, 5.41) is 10.3. The number of phenolic OH excluding ortho intramolecular Hbond substituents is 1. The highest BCUT2D eigenvalue weighted by molar-refractivity contribution is 6.06. The van der Waals surface area contributed by atoms with Crippen molar-refractivity contribution in [2.75, 3.05) is 18.1 Å². The van der Waals surface area contributed by atoms with Gasteiger partial charge < -0.3 is 19.5 Å². The van der Waals surface area contributed by atoms with Crippen LogP contribution in [0.15, 0.2) is 66.2 Å². The summed E-state index contributed by atoms with van der Waals surface area (Å²) >= 11 is 0. The van der Waals surface area contributed by atoms with E-state index in [4.69, 9.17) is 9.47 Å². The van der Waals surface area contributed by atoms with Crippen LogP contribution in [0.1, 0.15) is 24.8 Å². The molecule has 4 rings (SSSR count). The van der Waals surface area contributed by atoms with Gasteiger partial charge in [0.05, 0.1) is 25.4 Å². The molecule has 1 aliphatic heterocycles. The summed E-state index contributed by atoms with van der Waals surface area (Å²) in [4.78, 5) is 15.0. The van der Waals surface area contributed by atoms with E-state index < -0.39 is 5.79 Å². The van der Waals surface area contributed by atoms with Crippen LogP contribution in [0, 0.1) is 0 Å². The lowest BCUT2D eigenvalue weighted by Crippen LogP contribution is -2.37. The number of anilines is 1. The molecule has 0 radical (unpaired) electrons. The second kappa shape index (κ2) is 7.55. The number of benzene rings is 2. The van der Waals surface area contributed by atoms with E-state index >= 15 is 0 Å². The Bertz CT molecular complexity index is 840. The molecule has 0 atom stereocenters. The van der Waals surface area contributed by atoms with E-state index in [0.29, 0.717) is 44.7 Å². The van der Waals surface area contributed by atoms with Crippen LogP contribution in [-0.4, -0.2) is 30.0 Å². The molecule has 1 saturated heterocycles. The largest absolute Gasteiger partial charge is 0.506 e. The number of carbonyl (C=O) groups is 1. The smallest absolute Gasteiger partial charge is 0.254 e. The zero-order valence-corrected chi connectivity index (χ0v) is 15.1. The van der Waals surface area contributed by atoms with E-state index in [2.05, 4.69) is 0 Å². The molecule has 1 N–H and O–H groups in total. The summed E-state index contributed by atoms with van der Waals surface area (Å²) in [5.74, 6) is -0.548. The Morgan fingerprint density at radius 2 is 1.74 bits per heavy atom. The van der Waals surface area contributed by atoms with E-state index in [-0.39, 0.29) is 11.7 Å². The summed E-state index contributed by atoms with van der Waals surface area (Å²) in [6.45, 7) is 1.61. The predicted octanol–water partition coefficient (Wildman–Crippen LogP) is 3.78. The maximum Gasteiger partial charge on any atom is 0.254 e. The minimum atomic E-state index is -0.553. The first-order valence-corrected chi connectivity index (χ1v) is 9.28. The van der Waals surface area contributed by atoms with Crippen molar-refractivity contribution in [3.8, 4) is 5.75 Å². The maximum atomic E-state index is 13.3. The molecule has 1 amide bonds. The summed E-state index contributed by atoms with van der Waals surface area (Å²) in [6, 6.07) is 16.7. The third-order valence-electron chi connectivity index (χ3n) is 5.12. The molecule has 1 heterocycles. The third kappa shape index (κ3) is 3.75. The lowest BCUT2D eigenvalue weighted by Gasteiger charge is -2.32. The van der Waals surface area contributed by atoms with Crippen LogP contribution >= 0.6 is 0 Å². The van der Waals surface area contributed by atoms with Gasteiger partial charge in [0.15, 0.2) is 5.79 Å². The quantitative estimate of drug-likeness (QED) is 0.896. The van der Waals surface area contributed by atoms with Gasteiger partial charge in [-0.25, -0.2) is 0 Å². The minimum absolute atomic E-state index is 0.0896. The normalized spacial score (nSPS) is 18.3. The molecular formula is C22H23NO4. The topological polar surface area (TPSA) is 59.0 Å². The number of carbonyl (C=O) groups excluding carboxylic acids is 1. The number of aromatic hydroxyl groups is 1. The van der Waals surface area contributed by atoms with Gasteiger partial charge in [0.2, 0.25) is 0 Å². The number of hydrogen-bond acceptors (Lipinski definition) is 4. The van der Waals surface area contributed by atoms with E-state index in [9.17, 15) is 9.90 Å². The molecule has 2 aromatic rings. The first kappa shape index (κ1) is 17.8. The molecular weight excluding hydrogens is 342 g/mol. The van der Waals surface area contributed by atoms with Crippen LogP contribution in [0.4, 0.5) is 5.69 Å². The molecule has 2 aromatic carbocycles. The Balaban J connectivity index is 1.61. The summed E-state index contributed by atoms with van der Waals surface area (Å²) in [7, 11) is 0. The Morgan fingerprint density at radius 3 is 2.41 bits per heavy atom. The van der Waals surface area contributed by atoms with Gasteiger partial charge in [0, 0.05) is 18.4 Å². The monoisotopic (exact) mass is 365 g/mol. The number of phenols is 1. The summed E-state index contributed by atoms with van der Waals surface area (Å²) < 4.78 is 11.5. The van der Waals surface area contributed by atoms with Gasteiger partial charge in [-0.1, -0.05) is 48.5 Å². The van der Waals surface area contributed by atoms with Crippen molar-refractivity contribution in [3.05, 3.63) is 71.8 Å². The van der Waals surface area contributed by atoms with Gasteiger partial charge in [0.25, 0.3) is 5.91 Å². The molecule has 0 aromatic heterocycles. The number of nitrogens with zero attached hydrogens (tertiary/aromatic N) is 1. The van der Waals surface area contributed by atoms with Crippen molar-refractivity contribution in [2.24, 2.45) is 0 Å². The molecule has 140 valence electrons. The van der Waals surface area contributed by atoms with Crippen LogP contribution in [0.3, 0.4) is 0 Å². The Kier molecular flexibility index (Phi) is 4.97. The number of ether oxygens (including phenoxy) is 2. The van der Waals surface area contributed by atoms with Crippen molar-refractivity contribution in [2.45, 2.75) is 31.6 Å². The van der Waals surface area contributed by atoms with Crippen molar-refractivity contribution in [3.63, 3.8) is 0 Å². The second-order valence-corrected chi connectivity index (χ2v) is 6.91. The standard InChI is InChI=1S/C22H23NO4/c24-20-9-5-4-8-19(20)23(16-17-6-2-1-3-7-17)21(25)18-10-12-22(13-11-18)26-14-15-27-22/h1-10,24H,11-16H2. The number of amides is 1. The molecule has 1 fully saturated rings. The van der Waals surface area contributed by atoms with E-state index in [0.717, 1.165) is 11.1 Å². The van der Waals surface area contributed by atoms with Gasteiger partial charge in [0.1, 0.15) is 5.75 Å². The van der Waals surface area contributed by atoms with Crippen LogP contribution < -0.4 is 4.90 Å². The van der Waals surface area contributed by atoms with Gasteiger partial charge in [-0.3, -0.25) is 4.79 Å². The predicted molar refractivity (Wildman–Crippen MR) is 102 cm³/mol. The molecule has 1 spiro atoms. The second-order valence-electron chi connectivity index (χ2n) is 6.91. The van der Waals surface area contributed by atoms with Crippen molar-refractivity contribution >= 4 is 11.6 Å². The zero-order valence-electron chi connectivity index (χ0n) is 15.1. The van der Waals surface area contributed by atoms with Crippen molar-refractivity contribution in [1.82, 2.24) is 0 Å². The van der Waals surface area contributed by atoms with Crippen LogP contribution in [0.5, 0.6) is 5.75 Å². The first-order chi connectivity index (χ1) is 13.2. The van der Waals surface area contributed by atoms with Gasteiger partial charge in [-0.2, -0.15) is 0 Å². The average molecular weight is 365 g/mol. The molecule has 0 unspecified atom stereocenters. The SMILES string of the molecule is O=C(C1=CCC2(CC1)OCCO2)N(Cc1ccccc1)c1ccccc1O. The van der Waals surface area contributed by atoms with Crippen LogP contribution in [-0.2, 0) is 20.8 Å². The van der Waals surface area contributed by atoms with E-state index in [1.807, 2.05) is 42.5 Å². The lowest BCUT2D eigenvalue weighted by atomic mass is 9.93. The Morgan fingerprint density at radius 1 is 1.04 bits per heavy atom. The van der Waals surface area contributed by atoms with Gasteiger partial charge >= 0.3 is 0 Å². The van der Waals surface area contributed by atoms with Gasteiger partial charge in [-0.15, -0.1) is 0 Å². The van der Waals surface area contributed by atoms with E-state index in [1.54, 1.807) is 23.1 Å². The fourth-order valence-electron chi connectivity index (χ4n) is 3.66. The highest BCUT2D eigenvalue weighted by Crippen LogP contribution is 2.37. The van der Waals surface area contributed by atoms with E-state index in [1.165, 1.54) is 0 Å². The zero-order chi connectivity index (χ0) is 18.7. The van der Waals surface area contributed by atoms with Crippen LogP contribution in [0.25, 0.3) is 0 Å². The number of hydrogen-bond donors (Lipinski definition) is 1. The summed E-state index contributed by atoms with van der Waals surface area (Å²) in [6.07, 6.45) is 3.77. The highest BCUT2D eigenvalue weighted by Gasteiger charge is 2.39. The highest BCUT2D eigenvalue weighted by atomic mass is 16.7. The summed E-state index contributed by atoms with van der Waals surface area (Å²) in [5.41, 5.74) is 2.25. The molecule has 2 aliphatic rings. The Hall–Kier alpha value is -2.63. The molecule has 0 bridgehead atoms. The molecule has 27 heavy (non-hydrogen) atoms. The molecule has 1 aliphatic carbocycles. The molecule has 5 heteroatoms. The Labute approximate surface area is 158 Å². The number of rotatable bonds is 4. The third-order valence-corrected chi connectivity index (χ3v) is 5.12. The molecule has 0 saturated carbocycles. The lowest BCUT2D eigenvalue weighted by molar-refractivity contribution is -0.161. The molecule has 5 nitrogen and oxygen atoms in total. The fraction of sp³-hybridized carbons (Fsp3) is 0.318. The van der Waals surface area contributed by atoms with Gasteiger partial charge in [-0.05, 0) is 24.1 Å². The first-order valence-electron chi connectivity index (χ1n) is 9.28. The maximum absolute atomic E-state index is 13.3.